The topological polar surface area (TPSA) is 72.8 Å². The van der Waals surface area contributed by atoms with Crippen LogP contribution in [-0.4, -0.2) is 30.6 Å². The molecule has 0 aromatic heterocycles. The first-order chi connectivity index (χ1) is 12.5. The molecular formula is C20H18O5S. The van der Waals surface area contributed by atoms with E-state index < -0.39 is 5.97 Å². The quantitative estimate of drug-likeness (QED) is 0.769. The summed E-state index contributed by atoms with van der Waals surface area (Å²) < 4.78 is 10.8. The molecule has 2 aromatic rings. The summed E-state index contributed by atoms with van der Waals surface area (Å²) in [4.78, 5) is 24.8. The van der Waals surface area contributed by atoms with E-state index in [2.05, 4.69) is 0 Å². The van der Waals surface area contributed by atoms with Gasteiger partial charge in [-0.05, 0) is 48.4 Å². The van der Waals surface area contributed by atoms with Gasteiger partial charge >= 0.3 is 5.97 Å². The number of fused-ring (bicyclic) bond motifs is 1. The summed E-state index contributed by atoms with van der Waals surface area (Å²) in [7, 11) is 1.52. The number of thioether (sulfide) groups is 1. The summed E-state index contributed by atoms with van der Waals surface area (Å²) in [6.07, 6.45) is 1.74. The van der Waals surface area contributed by atoms with Crippen LogP contribution in [0.3, 0.4) is 0 Å². The molecule has 6 heteroatoms. The highest BCUT2D eigenvalue weighted by molar-refractivity contribution is 8.04. The van der Waals surface area contributed by atoms with Gasteiger partial charge in [-0.2, -0.15) is 0 Å². The van der Waals surface area contributed by atoms with Crippen molar-refractivity contribution < 1.29 is 24.2 Å². The van der Waals surface area contributed by atoms with E-state index in [1.54, 1.807) is 12.1 Å². The molecule has 2 aromatic carbocycles. The van der Waals surface area contributed by atoms with Crippen molar-refractivity contribution in [1.29, 1.82) is 0 Å². The number of methoxy groups -OCH3 is 1. The summed E-state index contributed by atoms with van der Waals surface area (Å²) >= 11 is 1.46. The fourth-order valence-corrected chi connectivity index (χ4v) is 3.74. The molecule has 0 unspecified atom stereocenters. The lowest BCUT2D eigenvalue weighted by atomic mass is 10.1. The van der Waals surface area contributed by atoms with E-state index in [0.717, 1.165) is 21.6 Å². The fraction of sp³-hybridized carbons (Fsp3) is 0.200. The van der Waals surface area contributed by atoms with Crippen LogP contribution in [0, 0.1) is 6.92 Å². The Balaban J connectivity index is 1.81. The average Bonchev–Trinajstić information content (AvgIpc) is 2.90. The van der Waals surface area contributed by atoms with Crippen LogP contribution in [0.25, 0.3) is 6.08 Å². The molecule has 0 fully saturated rings. The molecule has 0 saturated heterocycles. The second-order valence-electron chi connectivity index (χ2n) is 5.84. The second kappa shape index (κ2) is 7.66. The number of hydrogen-bond acceptors (Lipinski definition) is 5. The summed E-state index contributed by atoms with van der Waals surface area (Å²) in [6, 6.07) is 11.1. The van der Waals surface area contributed by atoms with Crippen molar-refractivity contribution in [2.75, 3.05) is 13.7 Å². The second-order valence-corrected chi connectivity index (χ2v) is 6.93. The molecule has 0 amide bonds. The number of carbonyl (C=O) groups excluding carboxylic acids is 1. The molecule has 0 atom stereocenters. The van der Waals surface area contributed by atoms with Crippen molar-refractivity contribution in [3.8, 4) is 11.5 Å². The molecule has 1 heterocycles. The largest absolute Gasteiger partial charge is 0.493 e. The predicted octanol–water partition coefficient (Wildman–Crippen LogP) is 4.19. The van der Waals surface area contributed by atoms with Crippen LogP contribution in [0.4, 0.5) is 0 Å². The Hall–Kier alpha value is -2.73. The molecule has 134 valence electrons. The first kappa shape index (κ1) is 18.1. The van der Waals surface area contributed by atoms with E-state index in [-0.39, 0.29) is 18.8 Å². The number of carboxylic acids is 1. The van der Waals surface area contributed by atoms with Gasteiger partial charge < -0.3 is 14.6 Å². The number of hydrogen-bond donors (Lipinski definition) is 1. The Labute approximate surface area is 155 Å². The van der Waals surface area contributed by atoms with Gasteiger partial charge in [-0.25, -0.2) is 0 Å². The number of carbonyl (C=O) groups is 2. The van der Waals surface area contributed by atoms with E-state index in [1.165, 1.54) is 18.9 Å². The van der Waals surface area contributed by atoms with Crippen molar-refractivity contribution in [2.45, 2.75) is 18.2 Å². The van der Waals surface area contributed by atoms with E-state index in [9.17, 15) is 9.59 Å². The fourth-order valence-electron chi connectivity index (χ4n) is 2.59. The van der Waals surface area contributed by atoms with Crippen LogP contribution in [-0.2, 0) is 4.79 Å². The minimum Gasteiger partial charge on any atom is -0.493 e. The molecule has 0 saturated carbocycles. The molecule has 0 bridgehead atoms. The predicted molar refractivity (Wildman–Crippen MR) is 100 cm³/mol. The number of ether oxygens (including phenoxy) is 2. The number of carboxylic acid groups (broad SMARTS) is 1. The van der Waals surface area contributed by atoms with Gasteiger partial charge in [-0.15, -0.1) is 0 Å². The zero-order valence-corrected chi connectivity index (χ0v) is 15.3. The summed E-state index contributed by atoms with van der Waals surface area (Å²) in [5, 5.41) is 8.68. The average molecular weight is 370 g/mol. The van der Waals surface area contributed by atoms with E-state index in [1.807, 2.05) is 37.3 Å². The van der Waals surface area contributed by atoms with E-state index >= 15 is 0 Å². The van der Waals surface area contributed by atoms with E-state index in [4.69, 9.17) is 14.6 Å². The van der Waals surface area contributed by atoms with Crippen molar-refractivity contribution in [2.24, 2.45) is 0 Å². The molecule has 1 aliphatic heterocycles. The van der Waals surface area contributed by atoms with Gasteiger partial charge in [-0.3, -0.25) is 9.59 Å². The summed E-state index contributed by atoms with van der Waals surface area (Å²) in [6.45, 7) is 2.07. The molecule has 0 aliphatic carbocycles. The Bertz CT molecular complexity index is 901. The number of ketones is 1. The molecule has 26 heavy (non-hydrogen) atoms. The lowest BCUT2D eigenvalue weighted by Gasteiger charge is -2.10. The minimum absolute atomic E-state index is 0.0192. The first-order valence-electron chi connectivity index (χ1n) is 8.05. The molecule has 0 spiro atoms. The summed E-state index contributed by atoms with van der Waals surface area (Å²) in [5.41, 5.74) is 2.66. The number of benzene rings is 2. The van der Waals surface area contributed by atoms with Crippen molar-refractivity contribution >= 4 is 29.6 Å². The van der Waals surface area contributed by atoms with Crippen molar-refractivity contribution in [3.63, 3.8) is 0 Å². The molecule has 5 nitrogen and oxygen atoms in total. The highest BCUT2D eigenvalue weighted by atomic mass is 32.2. The van der Waals surface area contributed by atoms with Gasteiger partial charge in [0, 0.05) is 10.5 Å². The monoisotopic (exact) mass is 370 g/mol. The third-order valence-corrected chi connectivity index (χ3v) is 4.97. The normalized spacial score (nSPS) is 14.4. The van der Waals surface area contributed by atoms with Crippen molar-refractivity contribution in [1.82, 2.24) is 0 Å². The maximum atomic E-state index is 12.5. The lowest BCUT2D eigenvalue weighted by molar-refractivity contribution is -0.137. The SMILES string of the molecule is COc1cc(/C=C2/Sc3cc(C)ccc3C2=O)ccc1OCCC(=O)O. The lowest BCUT2D eigenvalue weighted by Crippen LogP contribution is -2.05. The Morgan fingerprint density at radius 1 is 1.19 bits per heavy atom. The third kappa shape index (κ3) is 3.91. The Morgan fingerprint density at radius 2 is 2.00 bits per heavy atom. The van der Waals surface area contributed by atoms with Gasteiger partial charge in [0.05, 0.1) is 25.0 Å². The Kier molecular flexibility index (Phi) is 5.32. The van der Waals surface area contributed by atoms with Crippen LogP contribution < -0.4 is 9.47 Å². The van der Waals surface area contributed by atoms with Crippen LogP contribution >= 0.6 is 11.8 Å². The van der Waals surface area contributed by atoms with Gasteiger partial charge in [0.2, 0.25) is 5.78 Å². The molecule has 3 rings (SSSR count). The van der Waals surface area contributed by atoms with Crippen LogP contribution in [0.2, 0.25) is 0 Å². The zero-order valence-electron chi connectivity index (χ0n) is 14.4. The van der Waals surface area contributed by atoms with Gasteiger partial charge in [0.1, 0.15) is 0 Å². The number of rotatable bonds is 6. The third-order valence-electron chi connectivity index (χ3n) is 3.88. The first-order valence-corrected chi connectivity index (χ1v) is 8.87. The van der Waals surface area contributed by atoms with E-state index in [0.29, 0.717) is 16.4 Å². The highest BCUT2D eigenvalue weighted by Gasteiger charge is 2.25. The molecule has 1 N–H and O–H groups in total. The minimum atomic E-state index is -0.920. The molecular weight excluding hydrogens is 352 g/mol. The van der Waals surface area contributed by atoms with Gasteiger partial charge in [0.15, 0.2) is 11.5 Å². The number of Topliss-reactive ketones (excluding diaryl/α,β-unsaturated/α-hetero) is 1. The standard InChI is InChI=1S/C20H18O5S/c1-12-3-5-14-17(9-12)26-18(20(14)23)11-13-4-6-15(16(10-13)24-2)25-8-7-19(21)22/h3-6,9-11H,7-8H2,1-2H3,(H,21,22)/b18-11+. The zero-order chi connectivity index (χ0) is 18.7. The Morgan fingerprint density at radius 3 is 2.73 bits per heavy atom. The van der Waals surface area contributed by atoms with Crippen LogP contribution in [0.5, 0.6) is 11.5 Å². The number of aryl methyl sites for hydroxylation is 1. The highest BCUT2D eigenvalue weighted by Crippen LogP contribution is 2.41. The van der Waals surface area contributed by atoms with Crippen LogP contribution in [0.15, 0.2) is 46.2 Å². The number of allylic oxidation sites excluding steroid dienone is 1. The maximum Gasteiger partial charge on any atom is 0.306 e. The number of aliphatic carboxylic acids is 1. The summed E-state index contributed by atoms with van der Waals surface area (Å²) in [5.74, 6) is 0.0661. The molecule has 1 aliphatic rings. The maximum absolute atomic E-state index is 12.5. The van der Waals surface area contributed by atoms with Crippen molar-refractivity contribution in [3.05, 3.63) is 58.0 Å². The van der Waals surface area contributed by atoms with Crippen LogP contribution in [0.1, 0.15) is 27.9 Å². The molecule has 0 radical (unpaired) electrons. The van der Waals surface area contributed by atoms with Gasteiger partial charge in [0.25, 0.3) is 0 Å². The smallest absolute Gasteiger partial charge is 0.306 e. The van der Waals surface area contributed by atoms with Gasteiger partial charge in [-0.1, -0.05) is 23.9 Å².